The molecule has 1 amide bonds. The Hall–Kier alpha value is -1.36. The average molecular weight is 354 g/mol. The number of amides is 1. The van der Waals surface area contributed by atoms with Crippen LogP contribution in [0.1, 0.15) is 31.2 Å². The average Bonchev–Trinajstić information content (AvgIpc) is 2.45. The molecule has 2 rings (SSSR count). The number of carboxylic acid groups (broad SMARTS) is 1. The molecule has 114 valence electrons. The maximum Gasteiger partial charge on any atom is 0.306 e. The molecule has 0 saturated heterocycles. The van der Waals surface area contributed by atoms with Gasteiger partial charge in [0.2, 0.25) is 5.91 Å². The van der Waals surface area contributed by atoms with Gasteiger partial charge in [-0.2, -0.15) is 0 Å². The third-order valence-corrected chi connectivity index (χ3v) is 4.53. The number of nitrogens with one attached hydrogen (secondary N) is 1. The van der Waals surface area contributed by atoms with Gasteiger partial charge in [0.05, 0.1) is 12.3 Å². The fraction of sp³-hybridized carbons (Fsp3) is 0.500. The molecule has 1 aromatic carbocycles. The monoisotopic (exact) mass is 353 g/mol. The standard InChI is InChI=1S/C16H20BrNO3/c17-14-3-1-2-12(8-14)9-15(19)18-10-11-4-6-13(7-5-11)16(20)21/h1-3,8,11,13H,4-7,9-10H2,(H,18,19)(H,20,21). The van der Waals surface area contributed by atoms with Gasteiger partial charge in [0, 0.05) is 11.0 Å². The van der Waals surface area contributed by atoms with Crippen molar-refractivity contribution >= 4 is 27.8 Å². The summed E-state index contributed by atoms with van der Waals surface area (Å²) in [6, 6.07) is 7.72. The Morgan fingerprint density at radius 3 is 2.57 bits per heavy atom. The van der Waals surface area contributed by atoms with Crippen molar-refractivity contribution in [3.63, 3.8) is 0 Å². The molecule has 0 radical (unpaired) electrons. The predicted molar refractivity (Wildman–Crippen MR) is 83.9 cm³/mol. The Morgan fingerprint density at radius 2 is 1.95 bits per heavy atom. The topological polar surface area (TPSA) is 66.4 Å². The van der Waals surface area contributed by atoms with Crippen LogP contribution in [-0.2, 0) is 16.0 Å². The predicted octanol–water partition coefficient (Wildman–Crippen LogP) is 3.00. The van der Waals surface area contributed by atoms with E-state index >= 15 is 0 Å². The zero-order valence-electron chi connectivity index (χ0n) is 11.8. The second-order valence-electron chi connectivity index (χ2n) is 5.67. The van der Waals surface area contributed by atoms with Crippen molar-refractivity contribution in [2.75, 3.05) is 6.54 Å². The van der Waals surface area contributed by atoms with Crippen LogP contribution in [0.2, 0.25) is 0 Å². The highest BCUT2D eigenvalue weighted by Gasteiger charge is 2.25. The molecule has 1 aromatic rings. The van der Waals surface area contributed by atoms with Crippen molar-refractivity contribution in [1.82, 2.24) is 5.32 Å². The molecule has 1 aliphatic carbocycles. The van der Waals surface area contributed by atoms with Crippen molar-refractivity contribution in [3.8, 4) is 0 Å². The number of carbonyl (C=O) groups is 2. The molecule has 0 unspecified atom stereocenters. The summed E-state index contributed by atoms with van der Waals surface area (Å²) in [5, 5.41) is 11.9. The molecule has 1 aliphatic rings. The van der Waals surface area contributed by atoms with Crippen LogP contribution in [0.15, 0.2) is 28.7 Å². The molecular formula is C16H20BrNO3. The van der Waals surface area contributed by atoms with E-state index in [1.165, 1.54) is 0 Å². The van der Waals surface area contributed by atoms with E-state index in [1.807, 2.05) is 24.3 Å². The maximum absolute atomic E-state index is 11.9. The number of aliphatic carboxylic acids is 1. The van der Waals surface area contributed by atoms with Crippen molar-refractivity contribution in [1.29, 1.82) is 0 Å². The van der Waals surface area contributed by atoms with Crippen LogP contribution in [0.5, 0.6) is 0 Å². The summed E-state index contributed by atoms with van der Waals surface area (Å²) in [6.45, 7) is 0.652. The molecule has 0 aromatic heterocycles. The number of hydrogen-bond acceptors (Lipinski definition) is 2. The fourth-order valence-corrected chi connectivity index (χ4v) is 3.21. The van der Waals surface area contributed by atoms with Gasteiger partial charge in [-0.1, -0.05) is 28.1 Å². The van der Waals surface area contributed by atoms with Crippen LogP contribution in [0.25, 0.3) is 0 Å². The molecule has 0 bridgehead atoms. The normalized spacial score (nSPS) is 21.8. The minimum atomic E-state index is -0.688. The molecule has 0 heterocycles. The van der Waals surface area contributed by atoms with Crippen LogP contribution >= 0.6 is 15.9 Å². The van der Waals surface area contributed by atoms with Crippen LogP contribution in [0.4, 0.5) is 0 Å². The lowest BCUT2D eigenvalue weighted by atomic mass is 9.82. The second kappa shape index (κ2) is 7.59. The van der Waals surface area contributed by atoms with E-state index in [2.05, 4.69) is 21.2 Å². The number of rotatable bonds is 5. The quantitative estimate of drug-likeness (QED) is 0.854. The molecule has 4 nitrogen and oxygen atoms in total. The summed E-state index contributed by atoms with van der Waals surface area (Å²) in [5.41, 5.74) is 0.983. The molecule has 0 spiro atoms. The van der Waals surface area contributed by atoms with Crippen LogP contribution in [-0.4, -0.2) is 23.5 Å². The van der Waals surface area contributed by atoms with Gasteiger partial charge in [0.25, 0.3) is 0 Å². The van der Waals surface area contributed by atoms with E-state index in [9.17, 15) is 9.59 Å². The third-order valence-electron chi connectivity index (χ3n) is 4.04. The zero-order valence-corrected chi connectivity index (χ0v) is 13.4. The molecule has 0 atom stereocenters. The number of hydrogen-bond donors (Lipinski definition) is 2. The lowest BCUT2D eigenvalue weighted by molar-refractivity contribution is -0.143. The first-order valence-electron chi connectivity index (χ1n) is 7.28. The summed E-state index contributed by atoms with van der Waals surface area (Å²) in [6.07, 6.45) is 3.59. The maximum atomic E-state index is 11.9. The molecule has 1 fully saturated rings. The molecule has 5 heteroatoms. The first-order valence-corrected chi connectivity index (χ1v) is 8.08. The third kappa shape index (κ3) is 5.16. The Kier molecular flexibility index (Phi) is 5.79. The lowest BCUT2D eigenvalue weighted by Gasteiger charge is -2.26. The fourth-order valence-electron chi connectivity index (χ4n) is 2.77. The van der Waals surface area contributed by atoms with Gasteiger partial charge in [0.15, 0.2) is 0 Å². The minimum absolute atomic E-state index is 0.0217. The molecular weight excluding hydrogens is 334 g/mol. The Bertz CT molecular complexity index is 510. The number of halogens is 1. The smallest absolute Gasteiger partial charge is 0.306 e. The largest absolute Gasteiger partial charge is 0.481 e. The molecule has 21 heavy (non-hydrogen) atoms. The zero-order chi connectivity index (χ0) is 15.2. The summed E-state index contributed by atoms with van der Waals surface area (Å²) in [5.74, 6) is -0.453. The van der Waals surface area contributed by atoms with E-state index < -0.39 is 5.97 Å². The van der Waals surface area contributed by atoms with E-state index in [0.29, 0.717) is 18.9 Å². The summed E-state index contributed by atoms with van der Waals surface area (Å²) in [4.78, 5) is 22.8. The van der Waals surface area contributed by atoms with Crippen molar-refractivity contribution in [2.45, 2.75) is 32.1 Å². The first kappa shape index (κ1) is 16.0. The van der Waals surface area contributed by atoms with Crippen LogP contribution in [0.3, 0.4) is 0 Å². The molecule has 0 aliphatic heterocycles. The number of carboxylic acids is 1. The Labute approximate surface area is 133 Å². The van der Waals surface area contributed by atoms with E-state index in [1.54, 1.807) is 0 Å². The van der Waals surface area contributed by atoms with Gasteiger partial charge in [-0.3, -0.25) is 9.59 Å². The number of carbonyl (C=O) groups excluding carboxylic acids is 1. The highest BCUT2D eigenvalue weighted by molar-refractivity contribution is 9.10. The van der Waals surface area contributed by atoms with Gasteiger partial charge in [-0.25, -0.2) is 0 Å². The first-order chi connectivity index (χ1) is 10.0. The van der Waals surface area contributed by atoms with Gasteiger partial charge in [-0.15, -0.1) is 0 Å². The minimum Gasteiger partial charge on any atom is -0.481 e. The van der Waals surface area contributed by atoms with Gasteiger partial charge < -0.3 is 10.4 Å². The lowest BCUT2D eigenvalue weighted by Crippen LogP contribution is -2.33. The summed E-state index contributed by atoms with van der Waals surface area (Å²) < 4.78 is 0.972. The summed E-state index contributed by atoms with van der Waals surface area (Å²) in [7, 11) is 0. The van der Waals surface area contributed by atoms with E-state index in [0.717, 1.165) is 35.7 Å². The highest BCUT2D eigenvalue weighted by atomic mass is 79.9. The molecule has 1 saturated carbocycles. The highest BCUT2D eigenvalue weighted by Crippen LogP contribution is 2.28. The van der Waals surface area contributed by atoms with Crippen molar-refractivity contribution in [3.05, 3.63) is 34.3 Å². The van der Waals surface area contributed by atoms with Gasteiger partial charge >= 0.3 is 5.97 Å². The van der Waals surface area contributed by atoms with Gasteiger partial charge in [-0.05, 0) is 49.3 Å². The van der Waals surface area contributed by atoms with E-state index in [4.69, 9.17) is 5.11 Å². The van der Waals surface area contributed by atoms with Crippen LogP contribution < -0.4 is 5.32 Å². The molecule has 2 N–H and O–H groups in total. The Balaban J connectivity index is 1.71. The Morgan fingerprint density at radius 1 is 1.24 bits per heavy atom. The summed E-state index contributed by atoms with van der Waals surface area (Å²) >= 11 is 3.39. The van der Waals surface area contributed by atoms with Crippen molar-refractivity contribution in [2.24, 2.45) is 11.8 Å². The van der Waals surface area contributed by atoms with Gasteiger partial charge in [0.1, 0.15) is 0 Å². The SMILES string of the molecule is O=C(Cc1cccc(Br)c1)NCC1CCC(C(=O)O)CC1. The second-order valence-corrected chi connectivity index (χ2v) is 6.58. The van der Waals surface area contributed by atoms with E-state index in [-0.39, 0.29) is 11.8 Å². The van der Waals surface area contributed by atoms with Crippen LogP contribution in [0, 0.1) is 11.8 Å². The van der Waals surface area contributed by atoms with Crippen molar-refractivity contribution < 1.29 is 14.7 Å². The number of benzene rings is 1.